The molecule has 2 rings (SSSR count). The smallest absolute Gasteiger partial charge is 0.407 e. The number of nitrogens with zero attached hydrogens (tertiary/aromatic N) is 3. The van der Waals surface area contributed by atoms with E-state index in [2.05, 4.69) is 25.6 Å². The van der Waals surface area contributed by atoms with Crippen molar-refractivity contribution in [2.45, 2.75) is 46.3 Å². The number of thiazole rings is 1. The van der Waals surface area contributed by atoms with Crippen molar-refractivity contribution in [1.29, 1.82) is 0 Å². The van der Waals surface area contributed by atoms with Crippen LogP contribution in [0.25, 0.3) is 0 Å². The SMILES string of the molecule is Cc1sc(CCNC(=O)OC(C)(C)C)nc1C(=O)NCc1ncccn1. The van der Waals surface area contributed by atoms with Gasteiger partial charge in [-0.2, -0.15) is 0 Å². The van der Waals surface area contributed by atoms with Gasteiger partial charge in [-0.05, 0) is 33.8 Å². The van der Waals surface area contributed by atoms with Crippen LogP contribution in [0.4, 0.5) is 4.79 Å². The topological polar surface area (TPSA) is 106 Å². The lowest BCUT2D eigenvalue weighted by Crippen LogP contribution is -2.33. The van der Waals surface area contributed by atoms with Crippen LogP contribution in [0.5, 0.6) is 0 Å². The van der Waals surface area contributed by atoms with Crippen molar-refractivity contribution in [3.8, 4) is 0 Å². The standard InChI is InChI=1S/C17H23N5O3S/c1-11-14(15(23)21-10-12-18-7-5-8-19-12)22-13(26-11)6-9-20-16(24)25-17(2,3)4/h5,7-8H,6,9-10H2,1-4H3,(H,20,24)(H,21,23). The van der Waals surface area contributed by atoms with E-state index in [0.717, 1.165) is 9.88 Å². The van der Waals surface area contributed by atoms with E-state index in [1.54, 1.807) is 18.5 Å². The Morgan fingerprint density at radius 1 is 1.19 bits per heavy atom. The predicted molar refractivity (Wildman–Crippen MR) is 98.0 cm³/mol. The summed E-state index contributed by atoms with van der Waals surface area (Å²) in [6.45, 7) is 7.90. The molecule has 0 unspecified atom stereocenters. The number of hydrogen-bond acceptors (Lipinski definition) is 7. The molecule has 2 N–H and O–H groups in total. The highest BCUT2D eigenvalue weighted by Gasteiger charge is 2.17. The zero-order valence-electron chi connectivity index (χ0n) is 15.3. The van der Waals surface area contributed by atoms with Gasteiger partial charge in [0.1, 0.15) is 17.1 Å². The molecular weight excluding hydrogens is 354 g/mol. The van der Waals surface area contributed by atoms with Crippen LogP contribution in [0.15, 0.2) is 18.5 Å². The van der Waals surface area contributed by atoms with Gasteiger partial charge in [-0.3, -0.25) is 4.79 Å². The first-order chi connectivity index (χ1) is 12.2. The van der Waals surface area contributed by atoms with Gasteiger partial charge in [0, 0.05) is 30.2 Å². The summed E-state index contributed by atoms with van der Waals surface area (Å²) in [6, 6.07) is 1.72. The second-order valence-electron chi connectivity index (χ2n) is 6.54. The summed E-state index contributed by atoms with van der Waals surface area (Å²) in [6.07, 6.45) is 3.31. The van der Waals surface area contributed by atoms with Crippen molar-refractivity contribution in [2.75, 3.05) is 6.54 Å². The first-order valence-corrected chi connectivity index (χ1v) is 9.03. The van der Waals surface area contributed by atoms with Crippen LogP contribution in [0, 0.1) is 6.92 Å². The molecule has 0 radical (unpaired) electrons. The Balaban J connectivity index is 1.84. The number of carbonyl (C=O) groups is 2. The molecule has 0 saturated heterocycles. The Labute approximate surface area is 156 Å². The number of ether oxygens (including phenoxy) is 1. The highest BCUT2D eigenvalue weighted by molar-refractivity contribution is 7.11. The van der Waals surface area contributed by atoms with Crippen LogP contribution in [0.3, 0.4) is 0 Å². The van der Waals surface area contributed by atoms with Gasteiger partial charge in [-0.15, -0.1) is 11.3 Å². The molecule has 0 saturated carbocycles. The number of aryl methyl sites for hydroxylation is 1. The van der Waals surface area contributed by atoms with E-state index in [9.17, 15) is 9.59 Å². The van der Waals surface area contributed by atoms with Crippen LogP contribution in [0.1, 0.15) is 47.0 Å². The summed E-state index contributed by atoms with van der Waals surface area (Å²) in [4.78, 5) is 37.2. The van der Waals surface area contributed by atoms with Crippen LogP contribution >= 0.6 is 11.3 Å². The molecule has 2 amide bonds. The predicted octanol–water partition coefficient (Wildman–Crippen LogP) is 2.24. The fourth-order valence-corrected chi connectivity index (χ4v) is 2.95. The van der Waals surface area contributed by atoms with Gasteiger partial charge in [0.15, 0.2) is 0 Å². The van der Waals surface area contributed by atoms with Crippen LogP contribution in [-0.4, -0.2) is 39.1 Å². The van der Waals surface area contributed by atoms with Gasteiger partial charge in [-0.25, -0.2) is 19.7 Å². The minimum atomic E-state index is -0.532. The number of carbonyl (C=O) groups excluding carboxylic acids is 2. The summed E-state index contributed by atoms with van der Waals surface area (Å²) >= 11 is 1.43. The summed E-state index contributed by atoms with van der Waals surface area (Å²) in [5.74, 6) is 0.271. The Kier molecular flexibility index (Phi) is 6.62. The molecule has 0 aliphatic heterocycles. The third-order valence-corrected chi connectivity index (χ3v) is 4.12. The zero-order valence-corrected chi connectivity index (χ0v) is 16.1. The van der Waals surface area contributed by atoms with Crippen molar-refractivity contribution < 1.29 is 14.3 Å². The number of amides is 2. The van der Waals surface area contributed by atoms with Gasteiger partial charge in [0.05, 0.1) is 11.6 Å². The molecule has 2 aromatic rings. The fraction of sp³-hybridized carbons (Fsp3) is 0.471. The lowest BCUT2D eigenvalue weighted by atomic mass is 10.2. The molecule has 0 aliphatic rings. The Hall–Kier alpha value is -2.55. The van der Waals surface area contributed by atoms with Crippen LogP contribution in [0.2, 0.25) is 0 Å². The highest BCUT2D eigenvalue weighted by atomic mass is 32.1. The molecule has 0 atom stereocenters. The number of alkyl carbamates (subject to hydrolysis) is 1. The average molecular weight is 377 g/mol. The van der Waals surface area contributed by atoms with Crippen molar-refractivity contribution in [1.82, 2.24) is 25.6 Å². The average Bonchev–Trinajstić information content (AvgIpc) is 2.93. The first kappa shape index (κ1) is 19.8. The summed E-state index contributed by atoms with van der Waals surface area (Å²) in [5.41, 5.74) is -0.145. The molecule has 8 nitrogen and oxygen atoms in total. The van der Waals surface area contributed by atoms with Crippen molar-refractivity contribution in [2.24, 2.45) is 0 Å². The Morgan fingerprint density at radius 3 is 2.54 bits per heavy atom. The van der Waals surface area contributed by atoms with Crippen molar-refractivity contribution >= 4 is 23.3 Å². The van der Waals surface area contributed by atoms with E-state index in [0.29, 0.717) is 24.5 Å². The van der Waals surface area contributed by atoms with Gasteiger partial charge in [-0.1, -0.05) is 0 Å². The maximum Gasteiger partial charge on any atom is 0.407 e. The molecule has 0 aromatic carbocycles. The minimum absolute atomic E-state index is 0.242. The summed E-state index contributed by atoms with van der Waals surface area (Å²) in [7, 11) is 0. The van der Waals surface area contributed by atoms with E-state index in [-0.39, 0.29) is 12.5 Å². The quantitative estimate of drug-likeness (QED) is 0.800. The molecule has 140 valence electrons. The van der Waals surface area contributed by atoms with Gasteiger partial charge >= 0.3 is 6.09 Å². The third-order valence-electron chi connectivity index (χ3n) is 3.09. The van der Waals surface area contributed by atoms with Crippen molar-refractivity contribution in [3.05, 3.63) is 39.9 Å². The number of rotatable bonds is 6. The highest BCUT2D eigenvalue weighted by Crippen LogP contribution is 2.18. The molecular formula is C17H23N5O3S. The molecule has 2 heterocycles. The summed E-state index contributed by atoms with van der Waals surface area (Å²) < 4.78 is 5.17. The Bertz CT molecular complexity index is 756. The number of nitrogens with one attached hydrogen (secondary N) is 2. The molecule has 0 aliphatic carbocycles. The Morgan fingerprint density at radius 2 is 1.88 bits per heavy atom. The summed E-state index contributed by atoms with van der Waals surface area (Å²) in [5, 5.41) is 6.22. The van der Waals surface area contributed by atoms with Gasteiger partial charge in [0.25, 0.3) is 5.91 Å². The second-order valence-corrected chi connectivity index (χ2v) is 7.83. The van der Waals surface area contributed by atoms with E-state index in [1.807, 2.05) is 27.7 Å². The first-order valence-electron chi connectivity index (χ1n) is 8.22. The molecule has 0 fully saturated rings. The van der Waals surface area contributed by atoms with E-state index in [1.165, 1.54) is 11.3 Å². The maximum atomic E-state index is 12.3. The van der Waals surface area contributed by atoms with Crippen LogP contribution < -0.4 is 10.6 Å². The third kappa shape index (κ3) is 6.40. The second kappa shape index (κ2) is 8.70. The molecule has 2 aromatic heterocycles. The minimum Gasteiger partial charge on any atom is -0.444 e. The molecule has 0 bridgehead atoms. The lowest BCUT2D eigenvalue weighted by molar-refractivity contribution is 0.0528. The zero-order chi connectivity index (χ0) is 19.2. The van der Waals surface area contributed by atoms with Gasteiger partial charge < -0.3 is 15.4 Å². The number of aromatic nitrogens is 3. The molecule has 0 spiro atoms. The molecule has 9 heteroatoms. The van der Waals surface area contributed by atoms with Gasteiger partial charge in [0.2, 0.25) is 0 Å². The van der Waals surface area contributed by atoms with Crippen molar-refractivity contribution in [3.63, 3.8) is 0 Å². The maximum absolute atomic E-state index is 12.3. The van der Waals surface area contributed by atoms with E-state index < -0.39 is 11.7 Å². The van der Waals surface area contributed by atoms with Crippen LogP contribution in [-0.2, 0) is 17.7 Å². The molecule has 26 heavy (non-hydrogen) atoms. The van der Waals surface area contributed by atoms with E-state index in [4.69, 9.17) is 4.74 Å². The van der Waals surface area contributed by atoms with E-state index >= 15 is 0 Å². The lowest BCUT2D eigenvalue weighted by Gasteiger charge is -2.19. The number of hydrogen-bond donors (Lipinski definition) is 2. The largest absolute Gasteiger partial charge is 0.444 e. The normalized spacial score (nSPS) is 11.1. The fourth-order valence-electron chi connectivity index (χ4n) is 2.02. The monoisotopic (exact) mass is 377 g/mol.